The van der Waals surface area contributed by atoms with Gasteiger partial charge in [-0.2, -0.15) is 0 Å². The van der Waals surface area contributed by atoms with Gasteiger partial charge in [0.2, 0.25) is 0 Å². The Hall–Kier alpha value is -0.570. The molecule has 1 atom stereocenters. The van der Waals surface area contributed by atoms with Gasteiger partial charge in [0.05, 0.1) is 5.97 Å². The van der Waals surface area contributed by atoms with E-state index in [1.807, 2.05) is 6.92 Å². The van der Waals surface area contributed by atoms with Crippen molar-refractivity contribution in [3.63, 3.8) is 0 Å². The maximum Gasteiger partial charge on any atom is 0.0581 e. The number of carbonyl (C=O) groups excluding carboxylic acids is 1. The third-order valence-corrected chi connectivity index (χ3v) is 0.864. The number of likely N-dealkylation sites (N-methyl/N-ethyl adjacent to an activating group) is 1. The first-order chi connectivity index (χ1) is 3.68. The third-order valence-electron chi connectivity index (χ3n) is 0.864. The number of carboxylic acids is 1. The van der Waals surface area contributed by atoms with Crippen LogP contribution >= 0.6 is 0 Å². The number of aliphatic carboxylic acids is 1. The lowest BCUT2D eigenvalue weighted by atomic mass is 10.3. The van der Waals surface area contributed by atoms with Crippen LogP contribution in [0, 0.1) is 0 Å². The molecule has 0 heterocycles. The molecular weight excluding hydrogens is 106 g/mol. The SMILES string of the molecule is CCNC(C)C(=O)[O-]. The minimum atomic E-state index is -1.05. The van der Waals surface area contributed by atoms with Gasteiger partial charge in [-0.3, -0.25) is 0 Å². The highest BCUT2D eigenvalue weighted by atomic mass is 16.4. The van der Waals surface area contributed by atoms with E-state index in [4.69, 9.17) is 0 Å². The minimum Gasteiger partial charge on any atom is -0.548 e. The molecule has 0 radical (unpaired) electrons. The molecule has 0 saturated heterocycles. The largest absolute Gasteiger partial charge is 0.548 e. The Morgan fingerprint density at radius 1 is 1.88 bits per heavy atom. The second-order valence-corrected chi connectivity index (χ2v) is 1.60. The maximum absolute atomic E-state index is 9.92. The molecule has 1 N–H and O–H groups in total. The molecule has 0 aromatic carbocycles. The van der Waals surface area contributed by atoms with E-state index in [9.17, 15) is 9.90 Å². The topological polar surface area (TPSA) is 52.2 Å². The molecular formula is C5H10NO2-. The molecule has 1 unspecified atom stereocenters. The van der Waals surface area contributed by atoms with Gasteiger partial charge in [-0.05, 0) is 13.5 Å². The lowest BCUT2D eigenvalue weighted by Gasteiger charge is -2.11. The van der Waals surface area contributed by atoms with Gasteiger partial charge in [0.25, 0.3) is 0 Å². The van der Waals surface area contributed by atoms with Crippen molar-refractivity contribution in [1.29, 1.82) is 0 Å². The van der Waals surface area contributed by atoms with Crippen molar-refractivity contribution in [2.24, 2.45) is 0 Å². The lowest BCUT2D eigenvalue weighted by Crippen LogP contribution is -2.43. The first kappa shape index (κ1) is 7.43. The summed E-state index contributed by atoms with van der Waals surface area (Å²) in [4.78, 5) is 9.92. The molecule has 0 saturated carbocycles. The molecule has 0 aliphatic carbocycles. The molecule has 0 aromatic heterocycles. The van der Waals surface area contributed by atoms with Gasteiger partial charge in [0, 0.05) is 6.04 Å². The third kappa shape index (κ3) is 2.58. The summed E-state index contributed by atoms with van der Waals surface area (Å²) in [6, 6.07) is -0.528. The Labute approximate surface area is 48.7 Å². The fraction of sp³-hybridized carbons (Fsp3) is 0.800. The molecule has 0 aliphatic heterocycles. The second kappa shape index (κ2) is 3.43. The van der Waals surface area contributed by atoms with Crippen LogP contribution in [0.3, 0.4) is 0 Å². The van der Waals surface area contributed by atoms with Crippen molar-refractivity contribution in [2.45, 2.75) is 19.9 Å². The number of rotatable bonds is 3. The van der Waals surface area contributed by atoms with E-state index in [-0.39, 0.29) is 0 Å². The van der Waals surface area contributed by atoms with Gasteiger partial charge in [0.1, 0.15) is 0 Å². The highest BCUT2D eigenvalue weighted by molar-refractivity contribution is 5.70. The molecule has 8 heavy (non-hydrogen) atoms. The van der Waals surface area contributed by atoms with Crippen LogP contribution in [0.2, 0.25) is 0 Å². The smallest absolute Gasteiger partial charge is 0.0581 e. The highest BCUT2D eigenvalue weighted by Gasteiger charge is 1.96. The zero-order valence-electron chi connectivity index (χ0n) is 5.10. The Morgan fingerprint density at radius 2 is 2.38 bits per heavy atom. The molecule has 0 fully saturated rings. The lowest BCUT2D eigenvalue weighted by molar-refractivity contribution is -0.307. The van der Waals surface area contributed by atoms with Crippen molar-refractivity contribution < 1.29 is 9.90 Å². The van der Waals surface area contributed by atoms with Gasteiger partial charge in [-0.15, -0.1) is 0 Å². The van der Waals surface area contributed by atoms with E-state index in [1.165, 1.54) is 0 Å². The Morgan fingerprint density at radius 3 is 2.50 bits per heavy atom. The van der Waals surface area contributed by atoms with Gasteiger partial charge < -0.3 is 15.2 Å². The standard InChI is InChI=1S/C5H11NO2/c1-3-6-4(2)5(7)8/h4,6H,3H2,1-2H3,(H,7,8)/p-1. The number of nitrogens with one attached hydrogen (secondary N) is 1. The Kier molecular flexibility index (Phi) is 3.19. The quantitative estimate of drug-likeness (QED) is 0.500. The maximum atomic E-state index is 9.92. The highest BCUT2D eigenvalue weighted by Crippen LogP contribution is 1.73. The van der Waals surface area contributed by atoms with Gasteiger partial charge in [0.15, 0.2) is 0 Å². The van der Waals surface area contributed by atoms with Crippen molar-refractivity contribution in [3.05, 3.63) is 0 Å². The summed E-state index contributed by atoms with van der Waals surface area (Å²) in [7, 11) is 0. The van der Waals surface area contributed by atoms with Crippen LogP contribution < -0.4 is 10.4 Å². The van der Waals surface area contributed by atoms with E-state index in [2.05, 4.69) is 5.32 Å². The van der Waals surface area contributed by atoms with Gasteiger partial charge in [-0.25, -0.2) is 0 Å². The summed E-state index contributed by atoms with van der Waals surface area (Å²) in [6.45, 7) is 4.06. The van der Waals surface area contributed by atoms with E-state index in [1.54, 1.807) is 6.92 Å². The summed E-state index contributed by atoms with van der Waals surface area (Å²) in [6.07, 6.45) is 0. The molecule has 48 valence electrons. The molecule has 0 bridgehead atoms. The number of hydrogen-bond donors (Lipinski definition) is 1. The minimum absolute atomic E-state index is 0.528. The van der Waals surface area contributed by atoms with Crippen LogP contribution in [0.5, 0.6) is 0 Å². The molecule has 0 aliphatic rings. The summed E-state index contributed by atoms with van der Waals surface area (Å²) >= 11 is 0. The van der Waals surface area contributed by atoms with Crippen LogP contribution in [0.1, 0.15) is 13.8 Å². The predicted molar refractivity (Wildman–Crippen MR) is 28.1 cm³/mol. The fourth-order valence-corrected chi connectivity index (χ4v) is 0.390. The summed E-state index contributed by atoms with van der Waals surface area (Å²) in [5.41, 5.74) is 0. The number of carboxylic acid groups (broad SMARTS) is 1. The summed E-state index contributed by atoms with van der Waals surface area (Å²) in [5, 5.41) is 12.6. The average Bonchev–Trinajstić information content (AvgIpc) is 1.67. The molecule has 3 heteroatoms. The second-order valence-electron chi connectivity index (χ2n) is 1.60. The molecule has 0 aromatic rings. The van der Waals surface area contributed by atoms with Crippen molar-refractivity contribution >= 4 is 5.97 Å². The fourth-order valence-electron chi connectivity index (χ4n) is 0.390. The summed E-state index contributed by atoms with van der Waals surface area (Å²) in [5.74, 6) is -1.05. The van der Waals surface area contributed by atoms with Crippen LogP contribution in [0.25, 0.3) is 0 Å². The van der Waals surface area contributed by atoms with Crippen molar-refractivity contribution in [2.75, 3.05) is 6.54 Å². The Balaban J connectivity index is 3.32. The van der Waals surface area contributed by atoms with Gasteiger partial charge >= 0.3 is 0 Å². The molecule has 0 amide bonds. The number of hydrogen-bond acceptors (Lipinski definition) is 3. The average molecular weight is 116 g/mol. The van der Waals surface area contributed by atoms with Crippen LogP contribution in [-0.4, -0.2) is 18.6 Å². The zero-order chi connectivity index (χ0) is 6.57. The van der Waals surface area contributed by atoms with Gasteiger partial charge in [-0.1, -0.05) is 6.92 Å². The molecule has 0 spiro atoms. The predicted octanol–water partition coefficient (Wildman–Crippen LogP) is -1.27. The van der Waals surface area contributed by atoms with E-state index >= 15 is 0 Å². The van der Waals surface area contributed by atoms with Crippen LogP contribution in [0.15, 0.2) is 0 Å². The van der Waals surface area contributed by atoms with Crippen LogP contribution in [-0.2, 0) is 4.79 Å². The first-order valence-corrected chi connectivity index (χ1v) is 2.62. The Bertz CT molecular complexity index is 82.5. The summed E-state index contributed by atoms with van der Waals surface area (Å²) < 4.78 is 0. The van der Waals surface area contributed by atoms with Crippen LogP contribution in [0.4, 0.5) is 0 Å². The zero-order valence-corrected chi connectivity index (χ0v) is 5.10. The van der Waals surface area contributed by atoms with Crippen molar-refractivity contribution in [3.8, 4) is 0 Å². The number of carbonyl (C=O) groups is 1. The molecule has 0 rings (SSSR count). The first-order valence-electron chi connectivity index (χ1n) is 2.62. The monoisotopic (exact) mass is 116 g/mol. The molecule has 3 nitrogen and oxygen atoms in total. The van der Waals surface area contributed by atoms with Crippen molar-refractivity contribution in [1.82, 2.24) is 5.32 Å². The van der Waals surface area contributed by atoms with E-state index in [0.29, 0.717) is 6.54 Å². The van der Waals surface area contributed by atoms with E-state index < -0.39 is 12.0 Å². The normalized spacial score (nSPS) is 13.2. The van der Waals surface area contributed by atoms with E-state index in [0.717, 1.165) is 0 Å².